The smallest absolute Gasteiger partial charge is 0.138 e. The lowest BCUT2D eigenvalue weighted by atomic mass is 9.84. The summed E-state index contributed by atoms with van der Waals surface area (Å²) in [5, 5.41) is 10.9. The Balaban J connectivity index is 1.53. The van der Waals surface area contributed by atoms with Crippen LogP contribution in [0.5, 0.6) is 0 Å². The van der Waals surface area contributed by atoms with Crippen LogP contribution in [-0.4, -0.2) is 34.8 Å². The first-order chi connectivity index (χ1) is 11.6. The Morgan fingerprint density at radius 3 is 2.62 bits per heavy atom. The Labute approximate surface area is 142 Å². The molecule has 0 spiro atoms. The quantitative estimate of drug-likeness (QED) is 0.939. The molecular weight excluding hydrogens is 302 g/mol. The van der Waals surface area contributed by atoms with Crippen LogP contribution in [-0.2, 0) is 23.4 Å². The van der Waals surface area contributed by atoms with Crippen LogP contribution in [0.1, 0.15) is 42.1 Å². The second-order valence-electron chi connectivity index (χ2n) is 7.09. The van der Waals surface area contributed by atoms with E-state index >= 15 is 0 Å². The summed E-state index contributed by atoms with van der Waals surface area (Å²) < 4.78 is 5.56. The molecule has 3 heterocycles. The first-order valence-corrected chi connectivity index (χ1v) is 8.55. The highest BCUT2D eigenvalue weighted by Crippen LogP contribution is 2.37. The fraction of sp³-hybridized carbons (Fsp3) is 0.474. The van der Waals surface area contributed by atoms with Gasteiger partial charge < -0.3 is 14.7 Å². The largest absolute Gasteiger partial charge is 0.381 e. The lowest BCUT2D eigenvalue weighted by Crippen LogP contribution is -2.60. The van der Waals surface area contributed by atoms with Gasteiger partial charge in [0.25, 0.3) is 0 Å². The van der Waals surface area contributed by atoms with Crippen molar-refractivity contribution in [3.05, 3.63) is 53.0 Å². The minimum Gasteiger partial charge on any atom is -0.381 e. The van der Waals surface area contributed by atoms with Gasteiger partial charge in [0, 0.05) is 12.0 Å². The first kappa shape index (κ1) is 15.5. The van der Waals surface area contributed by atoms with E-state index in [0.717, 1.165) is 35.7 Å². The van der Waals surface area contributed by atoms with Crippen molar-refractivity contribution in [1.82, 2.24) is 9.97 Å². The number of aromatic nitrogens is 2. The molecule has 126 valence electrons. The molecule has 0 unspecified atom stereocenters. The van der Waals surface area contributed by atoms with Crippen molar-refractivity contribution >= 4 is 5.82 Å². The summed E-state index contributed by atoms with van der Waals surface area (Å²) in [7, 11) is 0. The normalized spacial score (nSPS) is 19.1. The van der Waals surface area contributed by atoms with Crippen molar-refractivity contribution in [3.8, 4) is 0 Å². The van der Waals surface area contributed by atoms with Gasteiger partial charge in [0.05, 0.1) is 32.0 Å². The van der Waals surface area contributed by atoms with Crippen LogP contribution in [0.15, 0.2) is 30.6 Å². The Morgan fingerprint density at radius 2 is 1.92 bits per heavy atom. The summed E-state index contributed by atoms with van der Waals surface area (Å²) in [5.41, 5.74) is 3.61. The zero-order chi connectivity index (χ0) is 16.7. The lowest BCUT2D eigenvalue weighted by molar-refractivity contribution is 0.00647. The average molecular weight is 325 g/mol. The van der Waals surface area contributed by atoms with Crippen LogP contribution in [0.2, 0.25) is 0 Å². The van der Waals surface area contributed by atoms with E-state index in [4.69, 9.17) is 4.74 Å². The number of hydrogen-bond acceptors (Lipinski definition) is 5. The van der Waals surface area contributed by atoms with Gasteiger partial charge >= 0.3 is 0 Å². The van der Waals surface area contributed by atoms with E-state index in [-0.39, 0.29) is 0 Å². The molecular formula is C19H23N3O2. The fourth-order valence-electron chi connectivity index (χ4n) is 3.51. The SMILES string of the molecule is CC(C)c1ccc(C2(O)CN(c3ncnc4c3COCC4)C2)cc1. The van der Waals surface area contributed by atoms with Gasteiger partial charge in [-0.15, -0.1) is 0 Å². The molecule has 1 N–H and O–H groups in total. The molecule has 0 amide bonds. The molecule has 24 heavy (non-hydrogen) atoms. The topological polar surface area (TPSA) is 58.5 Å². The number of benzene rings is 1. The Kier molecular flexibility index (Phi) is 3.77. The zero-order valence-corrected chi connectivity index (χ0v) is 14.2. The van der Waals surface area contributed by atoms with Crippen molar-refractivity contribution in [1.29, 1.82) is 0 Å². The summed E-state index contributed by atoms with van der Waals surface area (Å²) in [6.45, 7) is 6.73. The standard InChI is InChI=1S/C19H23N3O2/c1-13(2)14-3-5-15(6-4-14)19(23)10-22(11-19)18-16-9-24-8-7-17(16)20-12-21-18/h3-6,12-13,23H,7-11H2,1-2H3. The highest BCUT2D eigenvalue weighted by atomic mass is 16.5. The van der Waals surface area contributed by atoms with E-state index in [2.05, 4.69) is 40.8 Å². The van der Waals surface area contributed by atoms with Gasteiger partial charge in [0.2, 0.25) is 0 Å². The van der Waals surface area contributed by atoms with E-state index in [1.807, 2.05) is 12.1 Å². The third-order valence-electron chi connectivity index (χ3n) is 5.06. The predicted molar refractivity (Wildman–Crippen MR) is 92.0 cm³/mol. The number of hydrogen-bond donors (Lipinski definition) is 1. The number of anilines is 1. The van der Waals surface area contributed by atoms with Gasteiger partial charge in [-0.1, -0.05) is 38.1 Å². The van der Waals surface area contributed by atoms with Gasteiger partial charge in [-0.05, 0) is 17.0 Å². The van der Waals surface area contributed by atoms with Crippen LogP contribution >= 0.6 is 0 Å². The van der Waals surface area contributed by atoms with Gasteiger partial charge in [0.1, 0.15) is 17.7 Å². The van der Waals surface area contributed by atoms with Gasteiger partial charge in [-0.3, -0.25) is 0 Å². The minimum atomic E-state index is -0.803. The number of rotatable bonds is 3. The minimum absolute atomic E-state index is 0.499. The van der Waals surface area contributed by atoms with Gasteiger partial charge in [-0.2, -0.15) is 0 Å². The average Bonchev–Trinajstić information content (AvgIpc) is 2.58. The molecule has 2 aliphatic heterocycles. The zero-order valence-electron chi connectivity index (χ0n) is 14.2. The molecule has 1 aromatic heterocycles. The Hall–Kier alpha value is -1.98. The summed E-state index contributed by atoms with van der Waals surface area (Å²) >= 11 is 0. The lowest BCUT2D eigenvalue weighted by Gasteiger charge is -2.48. The second kappa shape index (κ2) is 5.83. The van der Waals surface area contributed by atoms with Crippen molar-refractivity contribution in [2.75, 3.05) is 24.6 Å². The summed E-state index contributed by atoms with van der Waals surface area (Å²) in [4.78, 5) is 10.9. The molecule has 0 aliphatic carbocycles. The van der Waals surface area contributed by atoms with E-state index in [9.17, 15) is 5.11 Å². The summed E-state index contributed by atoms with van der Waals surface area (Å²) in [6.07, 6.45) is 2.45. The molecule has 4 rings (SSSR count). The van der Waals surface area contributed by atoms with Crippen LogP contribution in [0, 0.1) is 0 Å². The van der Waals surface area contributed by atoms with Crippen LogP contribution in [0.25, 0.3) is 0 Å². The third-order valence-corrected chi connectivity index (χ3v) is 5.06. The van der Waals surface area contributed by atoms with Crippen molar-refractivity contribution in [2.45, 2.75) is 38.4 Å². The highest BCUT2D eigenvalue weighted by Gasteiger charge is 2.44. The number of fused-ring (bicyclic) bond motifs is 1. The molecule has 1 aromatic carbocycles. The Bertz CT molecular complexity index is 737. The van der Waals surface area contributed by atoms with E-state index in [1.54, 1.807) is 6.33 Å². The molecule has 2 aliphatic rings. The molecule has 0 radical (unpaired) electrons. The number of aliphatic hydroxyl groups is 1. The van der Waals surface area contributed by atoms with Crippen molar-refractivity contribution < 1.29 is 9.84 Å². The molecule has 0 bridgehead atoms. The van der Waals surface area contributed by atoms with E-state index in [1.165, 1.54) is 5.56 Å². The summed E-state index contributed by atoms with van der Waals surface area (Å²) in [5.74, 6) is 1.40. The number of β-amino-alcohol motifs (C(OH)–C–C–N with tert-alkyl or cyclic N) is 1. The van der Waals surface area contributed by atoms with Gasteiger partial charge in [-0.25, -0.2) is 9.97 Å². The molecule has 5 heteroatoms. The number of nitrogens with zero attached hydrogens (tertiary/aromatic N) is 3. The van der Waals surface area contributed by atoms with Crippen molar-refractivity contribution in [3.63, 3.8) is 0 Å². The predicted octanol–water partition coefficient (Wildman–Crippen LogP) is 2.38. The maximum absolute atomic E-state index is 10.9. The molecule has 0 saturated carbocycles. The molecule has 5 nitrogen and oxygen atoms in total. The van der Waals surface area contributed by atoms with E-state index < -0.39 is 5.60 Å². The third kappa shape index (κ3) is 2.58. The maximum Gasteiger partial charge on any atom is 0.138 e. The van der Waals surface area contributed by atoms with Crippen LogP contribution in [0.3, 0.4) is 0 Å². The molecule has 2 aromatic rings. The van der Waals surface area contributed by atoms with Gasteiger partial charge in [0.15, 0.2) is 0 Å². The number of ether oxygens (including phenoxy) is 1. The van der Waals surface area contributed by atoms with Crippen LogP contribution < -0.4 is 4.90 Å². The fourth-order valence-corrected chi connectivity index (χ4v) is 3.51. The van der Waals surface area contributed by atoms with Crippen molar-refractivity contribution in [2.24, 2.45) is 0 Å². The maximum atomic E-state index is 10.9. The molecule has 0 atom stereocenters. The molecule has 1 fully saturated rings. The van der Waals surface area contributed by atoms with E-state index in [0.29, 0.717) is 25.6 Å². The second-order valence-corrected chi connectivity index (χ2v) is 7.09. The monoisotopic (exact) mass is 325 g/mol. The molecule has 1 saturated heterocycles. The highest BCUT2D eigenvalue weighted by molar-refractivity contribution is 5.53. The Morgan fingerprint density at radius 1 is 1.17 bits per heavy atom. The first-order valence-electron chi connectivity index (χ1n) is 8.55. The summed E-state index contributed by atoms with van der Waals surface area (Å²) in [6, 6.07) is 8.32. The van der Waals surface area contributed by atoms with Crippen LogP contribution in [0.4, 0.5) is 5.82 Å².